The summed E-state index contributed by atoms with van der Waals surface area (Å²) in [5, 5.41) is 13.8. The van der Waals surface area contributed by atoms with E-state index in [1.165, 1.54) is 6.33 Å². The van der Waals surface area contributed by atoms with Crippen LogP contribution in [0.4, 0.5) is 5.69 Å². The lowest BCUT2D eigenvalue weighted by molar-refractivity contribution is 0.151. The van der Waals surface area contributed by atoms with Gasteiger partial charge in [0.15, 0.2) is 0 Å². The molecule has 15 heavy (non-hydrogen) atoms. The number of anilines is 1. The van der Waals surface area contributed by atoms with Gasteiger partial charge in [0.1, 0.15) is 12.7 Å². The molecule has 0 radical (unpaired) electrons. The molecule has 1 atom stereocenters. The zero-order valence-electron chi connectivity index (χ0n) is 8.11. The van der Waals surface area contributed by atoms with E-state index < -0.39 is 6.10 Å². The number of rotatable bonds is 3. The van der Waals surface area contributed by atoms with Gasteiger partial charge in [-0.05, 0) is 17.7 Å². The minimum absolute atomic E-state index is 0.393. The van der Waals surface area contributed by atoms with E-state index in [0.29, 0.717) is 12.2 Å². The van der Waals surface area contributed by atoms with Gasteiger partial charge < -0.3 is 10.8 Å². The van der Waals surface area contributed by atoms with Crippen molar-refractivity contribution in [3.8, 4) is 0 Å². The van der Waals surface area contributed by atoms with Crippen LogP contribution in [0, 0.1) is 0 Å². The second kappa shape index (κ2) is 4.10. The average molecular weight is 204 g/mol. The van der Waals surface area contributed by atoms with Crippen LogP contribution in [-0.4, -0.2) is 19.9 Å². The Balaban J connectivity index is 2.08. The lowest BCUT2D eigenvalue weighted by Crippen LogP contribution is -2.09. The van der Waals surface area contributed by atoms with Crippen molar-refractivity contribution in [1.82, 2.24) is 14.8 Å². The zero-order chi connectivity index (χ0) is 10.7. The molecule has 2 rings (SSSR count). The van der Waals surface area contributed by atoms with Gasteiger partial charge in [-0.1, -0.05) is 12.1 Å². The molecule has 0 saturated heterocycles. The molecule has 5 heteroatoms. The van der Waals surface area contributed by atoms with Gasteiger partial charge >= 0.3 is 0 Å². The van der Waals surface area contributed by atoms with E-state index >= 15 is 0 Å². The summed E-state index contributed by atoms with van der Waals surface area (Å²) in [6.45, 7) is 0.393. The van der Waals surface area contributed by atoms with Crippen LogP contribution in [0.2, 0.25) is 0 Å². The van der Waals surface area contributed by atoms with Crippen molar-refractivity contribution >= 4 is 5.69 Å². The number of aliphatic hydroxyl groups is 1. The van der Waals surface area contributed by atoms with Crippen molar-refractivity contribution in [2.75, 3.05) is 5.73 Å². The van der Waals surface area contributed by atoms with Crippen molar-refractivity contribution < 1.29 is 5.11 Å². The first kappa shape index (κ1) is 9.67. The Kier molecular flexibility index (Phi) is 2.64. The monoisotopic (exact) mass is 204 g/mol. The number of aromatic nitrogens is 3. The van der Waals surface area contributed by atoms with Crippen molar-refractivity contribution in [2.24, 2.45) is 0 Å². The van der Waals surface area contributed by atoms with Gasteiger partial charge in [0.2, 0.25) is 0 Å². The van der Waals surface area contributed by atoms with Crippen molar-refractivity contribution in [3.63, 3.8) is 0 Å². The molecule has 0 saturated carbocycles. The molecule has 0 fully saturated rings. The predicted octanol–water partition coefficient (Wildman–Crippen LogP) is 0.594. The Morgan fingerprint density at radius 1 is 1.33 bits per heavy atom. The van der Waals surface area contributed by atoms with E-state index in [1.807, 2.05) is 0 Å². The first-order valence-electron chi connectivity index (χ1n) is 4.61. The van der Waals surface area contributed by atoms with Crippen LogP contribution >= 0.6 is 0 Å². The normalized spacial score (nSPS) is 12.6. The standard InChI is InChI=1S/C10H12N4O/c11-9-3-1-8(2-4-9)10(15)5-14-7-12-6-13-14/h1-4,6-7,10,15H,5,11H2/t10-/m1/s1. The lowest BCUT2D eigenvalue weighted by Gasteiger charge is -2.10. The number of nitrogens with zero attached hydrogens (tertiary/aromatic N) is 3. The summed E-state index contributed by atoms with van der Waals surface area (Å²) >= 11 is 0. The number of aliphatic hydroxyl groups excluding tert-OH is 1. The molecule has 1 heterocycles. The smallest absolute Gasteiger partial charge is 0.137 e. The van der Waals surface area contributed by atoms with Gasteiger partial charge in [-0.3, -0.25) is 4.68 Å². The predicted molar refractivity (Wildman–Crippen MR) is 55.8 cm³/mol. The van der Waals surface area contributed by atoms with Gasteiger partial charge in [0.05, 0.1) is 12.6 Å². The molecular formula is C10H12N4O. The summed E-state index contributed by atoms with van der Waals surface area (Å²) < 4.78 is 1.58. The van der Waals surface area contributed by atoms with Crippen LogP contribution < -0.4 is 5.73 Å². The van der Waals surface area contributed by atoms with Crippen molar-refractivity contribution in [3.05, 3.63) is 42.5 Å². The second-order valence-electron chi connectivity index (χ2n) is 3.30. The van der Waals surface area contributed by atoms with E-state index in [4.69, 9.17) is 5.73 Å². The Hall–Kier alpha value is -1.88. The van der Waals surface area contributed by atoms with Gasteiger partial charge in [-0.25, -0.2) is 4.98 Å². The fraction of sp³-hybridized carbons (Fsp3) is 0.200. The summed E-state index contributed by atoms with van der Waals surface area (Å²) in [7, 11) is 0. The molecule has 1 aromatic heterocycles. The summed E-state index contributed by atoms with van der Waals surface area (Å²) in [4.78, 5) is 3.80. The first-order valence-corrected chi connectivity index (χ1v) is 4.61. The second-order valence-corrected chi connectivity index (χ2v) is 3.30. The molecule has 0 amide bonds. The maximum Gasteiger partial charge on any atom is 0.137 e. The minimum Gasteiger partial charge on any atom is -0.399 e. The zero-order valence-corrected chi connectivity index (χ0v) is 8.11. The first-order chi connectivity index (χ1) is 7.25. The van der Waals surface area contributed by atoms with E-state index in [9.17, 15) is 5.11 Å². The number of benzene rings is 1. The van der Waals surface area contributed by atoms with Gasteiger partial charge in [0, 0.05) is 5.69 Å². The van der Waals surface area contributed by atoms with E-state index in [1.54, 1.807) is 35.3 Å². The highest BCUT2D eigenvalue weighted by Crippen LogP contribution is 2.15. The number of hydrogen-bond donors (Lipinski definition) is 2. The Morgan fingerprint density at radius 2 is 2.07 bits per heavy atom. The molecule has 78 valence electrons. The fourth-order valence-electron chi connectivity index (χ4n) is 1.33. The quantitative estimate of drug-likeness (QED) is 0.717. The van der Waals surface area contributed by atoms with Gasteiger partial charge in [-0.15, -0.1) is 0 Å². The minimum atomic E-state index is -0.590. The summed E-state index contributed by atoms with van der Waals surface area (Å²) in [5.41, 5.74) is 7.06. The van der Waals surface area contributed by atoms with Gasteiger partial charge in [-0.2, -0.15) is 5.10 Å². The SMILES string of the molecule is Nc1ccc([C@H](O)Cn2cncn2)cc1. The average Bonchev–Trinajstić information content (AvgIpc) is 2.71. The van der Waals surface area contributed by atoms with Crippen LogP contribution in [0.5, 0.6) is 0 Å². The Labute approximate surface area is 87.2 Å². The van der Waals surface area contributed by atoms with Crippen LogP contribution in [0.3, 0.4) is 0 Å². The van der Waals surface area contributed by atoms with E-state index in [0.717, 1.165) is 5.56 Å². The maximum absolute atomic E-state index is 9.85. The molecule has 0 aliphatic carbocycles. The highest BCUT2D eigenvalue weighted by Gasteiger charge is 2.07. The molecule has 2 aromatic rings. The third-order valence-corrected chi connectivity index (χ3v) is 2.15. The lowest BCUT2D eigenvalue weighted by atomic mass is 10.1. The topological polar surface area (TPSA) is 77.0 Å². The molecule has 0 unspecified atom stereocenters. The van der Waals surface area contributed by atoms with Crippen molar-refractivity contribution in [1.29, 1.82) is 0 Å². The third-order valence-electron chi connectivity index (χ3n) is 2.15. The van der Waals surface area contributed by atoms with Crippen LogP contribution in [0.15, 0.2) is 36.9 Å². The number of nitrogen functional groups attached to an aromatic ring is 1. The molecule has 5 nitrogen and oxygen atoms in total. The largest absolute Gasteiger partial charge is 0.399 e. The Morgan fingerprint density at radius 3 is 2.67 bits per heavy atom. The summed E-state index contributed by atoms with van der Waals surface area (Å²) in [5.74, 6) is 0. The molecular weight excluding hydrogens is 192 g/mol. The van der Waals surface area contributed by atoms with E-state index in [2.05, 4.69) is 10.1 Å². The highest BCUT2D eigenvalue weighted by atomic mass is 16.3. The molecule has 3 N–H and O–H groups in total. The molecule has 0 bridgehead atoms. The van der Waals surface area contributed by atoms with Crippen LogP contribution in [0.1, 0.15) is 11.7 Å². The molecule has 0 aliphatic heterocycles. The molecule has 0 aliphatic rings. The third kappa shape index (κ3) is 2.32. The highest BCUT2D eigenvalue weighted by molar-refractivity contribution is 5.39. The summed E-state index contributed by atoms with van der Waals surface area (Å²) in [6, 6.07) is 7.13. The Bertz CT molecular complexity index is 409. The molecule has 0 spiro atoms. The van der Waals surface area contributed by atoms with Gasteiger partial charge in [0.25, 0.3) is 0 Å². The van der Waals surface area contributed by atoms with Crippen LogP contribution in [-0.2, 0) is 6.54 Å². The molecule has 1 aromatic carbocycles. The van der Waals surface area contributed by atoms with E-state index in [-0.39, 0.29) is 0 Å². The maximum atomic E-state index is 9.85. The summed E-state index contributed by atoms with van der Waals surface area (Å²) in [6.07, 6.45) is 2.42. The number of nitrogens with two attached hydrogens (primary N) is 1. The van der Waals surface area contributed by atoms with Crippen molar-refractivity contribution in [2.45, 2.75) is 12.6 Å². The number of hydrogen-bond acceptors (Lipinski definition) is 4. The van der Waals surface area contributed by atoms with Crippen LogP contribution in [0.25, 0.3) is 0 Å². The fourth-order valence-corrected chi connectivity index (χ4v) is 1.33.